The minimum absolute atomic E-state index is 0.0653. The molecule has 56 valence electrons. The van der Waals surface area contributed by atoms with Gasteiger partial charge in [-0.3, -0.25) is 0 Å². The molecule has 0 aromatic rings. The van der Waals surface area contributed by atoms with Crippen LogP contribution in [0.3, 0.4) is 0 Å². The molecule has 0 aliphatic rings. The van der Waals surface area contributed by atoms with Crippen molar-refractivity contribution in [2.24, 2.45) is 0 Å². The van der Waals surface area contributed by atoms with Crippen LogP contribution in [0.15, 0.2) is 0 Å². The van der Waals surface area contributed by atoms with Crippen molar-refractivity contribution < 1.29 is 5.11 Å². The highest BCUT2D eigenvalue weighted by atomic mass is 127. The highest BCUT2D eigenvalue weighted by Gasteiger charge is 2.41. The smallest absolute Gasteiger partial charge is 0.191 e. The standard InChI is InChI=1S/C3H3I5O/c4-1-2(5,6)3(7,8)9/h9H,1H2. The third-order valence-electron chi connectivity index (χ3n) is 0.608. The molecular weight excluding hydrogens is 687 g/mol. The van der Waals surface area contributed by atoms with E-state index in [4.69, 9.17) is 0 Å². The highest BCUT2D eigenvalue weighted by Crippen LogP contribution is 2.48. The van der Waals surface area contributed by atoms with Crippen LogP contribution in [0.2, 0.25) is 0 Å². The topological polar surface area (TPSA) is 20.2 Å². The van der Waals surface area contributed by atoms with E-state index in [0.717, 1.165) is 4.43 Å². The molecule has 6 heteroatoms. The van der Waals surface area contributed by atoms with Gasteiger partial charge in [0, 0.05) is 4.43 Å². The zero-order valence-electron chi connectivity index (χ0n) is 4.04. The lowest BCUT2D eigenvalue weighted by molar-refractivity contribution is 0.267. The molecule has 0 radical (unpaired) electrons. The molecule has 0 aromatic carbocycles. The third-order valence-corrected chi connectivity index (χ3v) is 13.0. The summed E-state index contributed by atoms with van der Waals surface area (Å²) in [7, 11) is 0. The molecule has 0 aliphatic heterocycles. The zero-order chi connectivity index (χ0) is 7.71. The Morgan fingerprint density at radius 1 is 1.11 bits per heavy atom. The first-order chi connectivity index (χ1) is 3.81. The van der Waals surface area contributed by atoms with Crippen molar-refractivity contribution in [3.63, 3.8) is 0 Å². The first-order valence-electron chi connectivity index (χ1n) is 1.85. The monoisotopic (exact) mass is 690 g/mol. The second-order valence-electron chi connectivity index (χ2n) is 1.38. The Morgan fingerprint density at radius 3 is 1.44 bits per heavy atom. The molecule has 0 aliphatic carbocycles. The minimum atomic E-state index is -0.648. The van der Waals surface area contributed by atoms with E-state index in [1.165, 1.54) is 0 Å². The van der Waals surface area contributed by atoms with Gasteiger partial charge in [-0.1, -0.05) is 67.8 Å². The number of alkyl halides is 5. The Balaban J connectivity index is 4.14. The fourth-order valence-electron chi connectivity index (χ4n) is 0.0804. The molecule has 0 heterocycles. The molecule has 0 spiro atoms. The molecule has 0 unspecified atom stereocenters. The first kappa shape index (κ1) is 12.6. The van der Waals surface area contributed by atoms with Crippen molar-refractivity contribution in [2.75, 3.05) is 4.43 Å². The molecule has 0 atom stereocenters. The molecule has 0 aromatic heterocycles. The molecule has 0 amide bonds. The van der Waals surface area contributed by atoms with E-state index >= 15 is 0 Å². The van der Waals surface area contributed by atoms with Gasteiger partial charge in [0.25, 0.3) is 0 Å². The number of aliphatic hydroxyl groups is 1. The maximum absolute atomic E-state index is 9.50. The van der Waals surface area contributed by atoms with E-state index in [1.54, 1.807) is 0 Å². The van der Waals surface area contributed by atoms with Crippen molar-refractivity contribution in [2.45, 2.75) is 3.04 Å². The van der Waals surface area contributed by atoms with Gasteiger partial charge in [-0.2, -0.15) is 0 Å². The average molecular weight is 690 g/mol. The molecule has 0 fully saturated rings. The predicted octanol–water partition coefficient (Wildman–Crippen LogP) is 3.50. The lowest BCUT2D eigenvalue weighted by Crippen LogP contribution is -2.34. The molecule has 1 N–H and O–H groups in total. The van der Waals surface area contributed by atoms with Crippen LogP contribution in [0, 0.1) is 0 Å². The van der Waals surface area contributed by atoms with Crippen molar-refractivity contribution in [3.05, 3.63) is 0 Å². The van der Waals surface area contributed by atoms with Crippen molar-refractivity contribution in [1.82, 2.24) is 0 Å². The van der Waals surface area contributed by atoms with Crippen molar-refractivity contribution in [3.8, 4) is 0 Å². The Morgan fingerprint density at radius 2 is 1.44 bits per heavy atom. The molecule has 0 saturated heterocycles. The summed E-state index contributed by atoms with van der Waals surface area (Å²) < 4.78 is 0.225. The Labute approximate surface area is 123 Å². The van der Waals surface area contributed by atoms with Gasteiger partial charge < -0.3 is 5.11 Å². The van der Waals surface area contributed by atoms with E-state index in [0.29, 0.717) is 0 Å². The largest absolute Gasteiger partial charge is 0.369 e. The van der Waals surface area contributed by atoms with Gasteiger partial charge in [0.15, 0.2) is 1.61 Å². The fraction of sp³-hybridized carbons (Fsp3) is 1.00. The summed E-state index contributed by atoms with van der Waals surface area (Å²) >= 11 is 10.9. The number of hydrogen-bond acceptors (Lipinski definition) is 1. The summed E-state index contributed by atoms with van der Waals surface area (Å²) in [6.07, 6.45) is 0. The summed E-state index contributed by atoms with van der Waals surface area (Å²) in [5, 5.41) is 9.50. The number of halogens is 5. The van der Waals surface area contributed by atoms with Crippen molar-refractivity contribution in [1.29, 1.82) is 0 Å². The summed E-state index contributed by atoms with van der Waals surface area (Å²) in [6.45, 7) is 0. The van der Waals surface area contributed by atoms with Gasteiger partial charge in [0.2, 0.25) is 0 Å². The van der Waals surface area contributed by atoms with Gasteiger partial charge in [-0.25, -0.2) is 0 Å². The molecule has 0 bridgehead atoms. The number of hydrogen-bond donors (Lipinski definition) is 1. The Bertz CT molecular complexity index is 94.9. The molecule has 0 rings (SSSR count). The summed E-state index contributed by atoms with van der Waals surface area (Å²) in [4.78, 5) is 0. The summed E-state index contributed by atoms with van der Waals surface area (Å²) in [5.41, 5.74) is 0. The summed E-state index contributed by atoms with van der Waals surface area (Å²) in [6, 6.07) is 0. The van der Waals surface area contributed by atoms with Gasteiger partial charge >= 0.3 is 0 Å². The lowest BCUT2D eigenvalue weighted by Gasteiger charge is -2.27. The van der Waals surface area contributed by atoms with Crippen LogP contribution >= 0.6 is 113 Å². The maximum Gasteiger partial charge on any atom is 0.191 e. The molecular formula is C3H3I5O. The van der Waals surface area contributed by atoms with Gasteiger partial charge in [0.1, 0.15) is 1.43 Å². The van der Waals surface area contributed by atoms with Crippen LogP contribution < -0.4 is 0 Å². The third kappa shape index (κ3) is 4.40. The Kier molecular flexibility index (Phi) is 6.64. The second kappa shape index (κ2) is 4.74. The Hall–Kier alpha value is 3.61. The van der Waals surface area contributed by atoms with E-state index in [9.17, 15) is 5.11 Å². The second-order valence-corrected chi connectivity index (χ2v) is 13.1. The highest BCUT2D eigenvalue weighted by molar-refractivity contribution is 14.2. The summed E-state index contributed by atoms with van der Waals surface area (Å²) in [5.74, 6) is 0. The molecule has 9 heavy (non-hydrogen) atoms. The van der Waals surface area contributed by atoms with E-state index < -0.39 is 1.61 Å². The fourth-order valence-corrected chi connectivity index (χ4v) is 2.47. The van der Waals surface area contributed by atoms with Gasteiger partial charge in [-0.05, 0) is 45.2 Å². The van der Waals surface area contributed by atoms with E-state index in [1.807, 2.05) is 45.2 Å². The van der Waals surface area contributed by atoms with Crippen LogP contribution in [-0.4, -0.2) is 12.6 Å². The SMILES string of the molecule is OC(I)(I)C(I)(I)CI. The van der Waals surface area contributed by atoms with Crippen LogP contribution in [0.25, 0.3) is 0 Å². The average Bonchev–Trinajstić information content (AvgIpc) is 1.64. The maximum atomic E-state index is 9.50. The van der Waals surface area contributed by atoms with Crippen LogP contribution in [0.1, 0.15) is 0 Å². The molecule has 1 nitrogen and oxygen atoms in total. The van der Waals surface area contributed by atoms with Gasteiger partial charge in [-0.15, -0.1) is 0 Å². The van der Waals surface area contributed by atoms with Gasteiger partial charge in [0.05, 0.1) is 0 Å². The van der Waals surface area contributed by atoms with E-state index in [-0.39, 0.29) is 1.43 Å². The number of rotatable bonds is 2. The lowest BCUT2D eigenvalue weighted by atomic mass is 10.5. The van der Waals surface area contributed by atoms with Crippen LogP contribution in [-0.2, 0) is 0 Å². The zero-order valence-corrected chi connectivity index (χ0v) is 14.8. The van der Waals surface area contributed by atoms with E-state index in [2.05, 4.69) is 67.8 Å². The van der Waals surface area contributed by atoms with Crippen LogP contribution in [0.4, 0.5) is 0 Å². The van der Waals surface area contributed by atoms with Crippen molar-refractivity contribution >= 4 is 113 Å². The van der Waals surface area contributed by atoms with Crippen LogP contribution in [0.5, 0.6) is 0 Å². The molecule has 0 saturated carbocycles. The predicted molar refractivity (Wildman–Crippen MR) is 82.6 cm³/mol. The minimum Gasteiger partial charge on any atom is -0.369 e. The first-order valence-corrected chi connectivity index (χ1v) is 7.69. The quantitative estimate of drug-likeness (QED) is 0.348. The normalized spacial score (nSPS) is 14.0.